The van der Waals surface area contributed by atoms with E-state index in [2.05, 4.69) is 5.32 Å². The molecule has 2 amide bonds. The molecule has 0 spiro atoms. The standard InChI is InChI=1S/C21H23ClN2O3/c1-14-3-5-16(6-4-14)21(26)24-11-9-15(10-12-24)20(25)23-17-7-8-19(27-2)18(22)13-17/h3-8,13,15H,9-12H2,1-2H3,(H,23,25). The first kappa shape index (κ1) is 19.2. The Hall–Kier alpha value is -2.53. The van der Waals surface area contributed by atoms with Crippen molar-refractivity contribution in [1.29, 1.82) is 0 Å². The third-order valence-corrected chi connectivity index (χ3v) is 5.17. The van der Waals surface area contributed by atoms with Crippen LogP contribution in [0.4, 0.5) is 5.69 Å². The molecule has 0 unspecified atom stereocenters. The van der Waals surface area contributed by atoms with Crippen LogP contribution in [-0.2, 0) is 4.79 Å². The smallest absolute Gasteiger partial charge is 0.253 e. The van der Waals surface area contributed by atoms with Gasteiger partial charge in [-0.3, -0.25) is 9.59 Å². The lowest BCUT2D eigenvalue weighted by Gasteiger charge is -2.31. The quantitative estimate of drug-likeness (QED) is 0.858. The van der Waals surface area contributed by atoms with Crippen LogP contribution in [0, 0.1) is 12.8 Å². The van der Waals surface area contributed by atoms with Crippen LogP contribution in [0.15, 0.2) is 42.5 Å². The second-order valence-electron chi connectivity index (χ2n) is 6.77. The Bertz CT molecular complexity index is 828. The molecule has 1 heterocycles. The number of anilines is 1. The van der Waals surface area contributed by atoms with Crippen molar-refractivity contribution in [3.63, 3.8) is 0 Å². The Kier molecular flexibility index (Phi) is 6.01. The fourth-order valence-corrected chi connectivity index (χ4v) is 3.47. The topological polar surface area (TPSA) is 58.6 Å². The van der Waals surface area contributed by atoms with E-state index >= 15 is 0 Å². The summed E-state index contributed by atoms with van der Waals surface area (Å²) in [4.78, 5) is 26.9. The minimum absolute atomic E-state index is 0.0239. The maximum atomic E-state index is 12.6. The highest BCUT2D eigenvalue weighted by Gasteiger charge is 2.28. The number of nitrogens with one attached hydrogen (secondary N) is 1. The number of methoxy groups -OCH3 is 1. The Morgan fingerprint density at radius 2 is 1.78 bits per heavy atom. The molecule has 1 aliphatic rings. The molecular formula is C21H23ClN2O3. The number of aryl methyl sites for hydroxylation is 1. The van der Waals surface area contributed by atoms with Crippen LogP contribution in [-0.4, -0.2) is 36.9 Å². The molecule has 27 heavy (non-hydrogen) atoms. The predicted molar refractivity (Wildman–Crippen MR) is 106 cm³/mol. The normalized spacial score (nSPS) is 14.7. The van der Waals surface area contributed by atoms with Crippen LogP contribution < -0.4 is 10.1 Å². The zero-order valence-corrected chi connectivity index (χ0v) is 16.3. The van der Waals surface area contributed by atoms with Gasteiger partial charge in [-0.05, 0) is 50.1 Å². The highest BCUT2D eigenvalue weighted by molar-refractivity contribution is 6.32. The van der Waals surface area contributed by atoms with Gasteiger partial charge in [0.15, 0.2) is 0 Å². The lowest BCUT2D eigenvalue weighted by molar-refractivity contribution is -0.121. The highest BCUT2D eigenvalue weighted by Crippen LogP contribution is 2.28. The number of carbonyl (C=O) groups excluding carboxylic acids is 2. The molecule has 1 fully saturated rings. The molecule has 1 saturated heterocycles. The number of hydrogen-bond acceptors (Lipinski definition) is 3. The zero-order chi connectivity index (χ0) is 19.4. The number of ether oxygens (including phenoxy) is 1. The number of carbonyl (C=O) groups is 2. The first-order chi connectivity index (χ1) is 13.0. The minimum Gasteiger partial charge on any atom is -0.495 e. The van der Waals surface area contributed by atoms with Crippen molar-refractivity contribution in [2.75, 3.05) is 25.5 Å². The van der Waals surface area contributed by atoms with E-state index in [0.29, 0.717) is 48.0 Å². The largest absolute Gasteiger partial charge is 0.495 e. The molecule has 142 valence electrons. The molecule has 0 saturated carbocycles. The summed E-state index contributed by atoms with van der Waals surface area (Å²) in [5, 5.41) is 3.36. The van der Waals surface area contributed by atoms with E-state index in [-0.39, 0.29) is 17.7 Å². The number of hydrogen-bond donors (Lipinski definition) is 1. The van der Waals surface area contributed by atoms with Gasteiger partial charge >= 0.3 is 0 Å². The van der Waals surface area contributed by atoms with E-state index < -0.39 is 0 Å². The van der Waals surface area contributed by atoms with Crippen LogP contribution in [0.5, 0.6) is 5.75 Å². The Morgan fingerprint density at radius 3 is 2.37 bits per heavy atom. The van der Waals surface area contributed by atoms with Crippen molar-refractivity contribution in [3.05, 3.63) is 58.6 Å². The van der Waals surface area contributed by atoms with Crippen LogP contribution >= 0.6 is 11.6 Å². The van der Waals surface area contributed by atoms with Crippen LogP contribution in [0.1, 0.15) is 28.8 Å². The summed E-state index contributed by atoms with van der Waals surface area (Å²) in [5.74, 6) is 0.431. The molecule has 0 radical (unpaired) electrons. The number of likely N-dealkylation sites (tertiary alicyclic amines) is 1. The molecule has 0 aliphatic carbocycles. The van der Waals surface area contributed by atoms with Gasteiger partial charge in [0.1, 0.15) is 5.75 Å². The van der Waals surface area contributed by atoms with Crippen molar-refractivity contribution in [3.8, 4) is 5.75 Å². The number of piperidine rings is 1. The number of benzene rings is 2. The summed E-state index contributed by atoms with van der Waals surface area (Å²) in [6.45, 7) is 3.15. The SMILES string of the molecule is COc1ccc(NC(=O)C2CCN(C(=O)c3ccc(C)cc3)CC2)cc1Cl. The second-order valence-corrected chi connectivity index (χ2v) is 7.18. The fraction of sp³-hybridized carbons (Fsp3) is 0.333. The third kappa shape index (κ3) is 4.61. The molecule has 3 rings (SSSR count). The molecular weight excluding hydrogens is 364 g/mol. The second kappa shape index (κ2) is 8.44. The highest BCUT2D eigenvalue weighted by atomic mass is 35.5. The van der Waals surface area contributed by atoms with Crippen LogP contribution in [0.25, 0.3) is 0 Å². The Labute approximate surface area is 164 Å². The first-order valence-electron chi connectivity index (χ1n) is 8.98. The maximum Gasteiger partial charge on any atom is 0.253 e. The monoisotopic (exact) mass is 386 g/mol. The lowest BCUT2D eigenvalue weighted by atomic mass is 9.95. The van der Waals surface area contributed by atoms with Gasteiger partial charge in [-0.2, -0.15) is 0 Å². The van der Waals surface area contributed by atoms with E-state index in [1.807, 2.05) is 36.1 Å². The molecule has 5 nitrogen and oxygen atoms in total. The van der Waals surface area contributed by atoms with Crippen LogP contribution in [0.2, 0.25) is 5.02 Å². The summed E-state index contributed by atoms with van der Waals surface area (Å²) < 4.78 is 5.12. The van der Waals surface area contributed by atoms with Crippen molar-refractivity contribution in [2.45, 2.75) is 19.8 Å². The van der Waals surface area contributed by atoms with Gasteiger partial charge in [-0.25, -0.2) is 0 Å². The van der Waals surface area contributed by atoms with Crippen LogP contribution in [0.3, 0.4) is 0 Å². The molecule has 1 N–H and O–H groups in total. The lowest BCUT2D eigenvalue weighted by Crippen LogP contribution is -2.41. The molecule has 1 aliphatic heterocycles. The summed E-state index contributed by atoms with van der Waals surface area (Å²) in [7, 11) is 1.55. The molecule has 6 heteroatoms. The summed E-state index contributed by atoms with van der Waals surface area (Å²) in [5.41, 5.74) is 2.46. The average Bonchev–Trinajstić information content (AvgIpc) is 2.68. The number of rotatable bonds is 4. The molecule has 0 aromatic heterocycles. The van der Waals surface area contributed by atoms with Crippen molar-refractivity contribution in [2.24, 2.45) is 5.92 Å². The Balaban J connectivity index is 1.55. The third-order valence-electron chi connectivity index (χ3n) is 4.87. The molecule has 2 aromatic rings. The van der Waals surface area contributed by atoms with Gasteiger partial charge in [-0.1, -0.05) is 29.3 Å². The summed E-state index contributed by atoms with van der Waals surface area (Å²) >= 11 is 6.10. The van der Waals surface area contributed by atoms with Crippen molar-refractivity contribution in [1.82, 2.24) is 4.90 Å². The van der Waals surface area contributed by atoms with Gasteiger partial charge in [-0.15, -0.1) is 0 Å². The first-order valence-corrected chi connectivity index (χ1v) is 9.36. The zero-order valence-electron chi connectivity index (χ0n) is 15.5. The van der Waals surface area contributed by atoms with E-state index in [1.54, 1.807) is 25.3 Å². The van der Waals surface area contributed by atoms with Crippen molar-refractivity contribution >= 4 is 29.1 Å². The minimum atomic E-state index is -0.118. The van der Waals surface area contributed by atoms with Gasteiger partial charge in [0.25, 0.3) is 5.91 Å². The Morgan fingerprint density at radius 1 is 1.11 bits per heavy atom. The molecule has 2 aromatic carbocycles. The van der Waals surface area contributed by atoms with Gasteiger partial charge in [0.05, 0.1) is 12.1 Å². The van der Waals surface area contributed by atoms with E-state index in [0.717, 1.165) is 5.56 Å². The van der Waals surface area contributed by atoms with E-state index in [4.69, 9.17) is 16.3 Å². The fourth-order valence-electron chi connectivity index (χ4n) is 3.21. The average molecular weight is 387 g/mol. The predicted octanol–water partition coefficient (Wildman–Crippen LogP) is 4.15. The van der Waals surface area contributed by atoms with Crippen molar-refractivity contribution < 1.29 is 14.3 Å². The summed E-state index contributed by atoms with van der Waals surface area (Å²) in [6.07, 6.45) is 1.29. The van der Waals surface area contributed by atoms with Gasteiger partial charge < -0.3 is 15.0 Å². The van der Waals surface area contributed by atoms with E-state index in [9.17, 15) is 9.59 Å². The number of nitrogens with zero attached hydrogens (tertiary/aromatic N) is 1. The summed E-state index contributed by atoms with van der Waals surface area (Å²) in [6, 6.07) is 12.7. The molecule has 0 atom stereocenters. The van der Waals surface area contributed by atoms with Gasteiger partial charge in [0.2, 0.25) is 5.91 Å². The number of amides is 2. The molecule has 0 bridgehead atoms. The van der Waals surface area contributed by atoms with Gasteiger partial charge in [0, 0.05) is 30.3 Å². The van der Waals surface area contributed by atoms with E-state index in [1.165, 1.54) is 0 Å². The number of halogens is 1. The maximum absolute atomic E-state index is 12.6.